The van der Waals surface area contributed by atoms with E-state index in [1.54, 1.807) is 11.3 Å². The van der Waals surface area contributed by atoms with Crippen LogP contribution >= 0.6 is 22.9 Å². The van der Waals surface area contributed by atoms with Crippen molar-refractivity contribution in [2.45, 2.75) is 33.4 Å². The minimum absolute atomic E-state index is 0.775. The van der Waals surface area contributed by atoms with Crippen LogP contribution in [0.2, 0.25) is 5.02 Å². The molecule has 0 saturated carbocycles. The summed E-state index contributed by atoms with van der Waals surface area (Å²) in [5.41, 5.74) is 2.45. The highest BCUT2D eigenvalue weighted by molar-refractivity contribution is 7.15. The first-order valence-electron chi connectivity index (χ1n) is 7.28. The van der Waals surface area contributed by atoms with E-state index < -0.39 is 0 Å². The Bertz CT molecular complexity index is 565. The number of nitrogens with zero attached hydrogens (tertiary/aromatic N) is 2. The van der Waals surface area contributed by atoms with Gasteiger partial charge in [0.25, 0.3) is 0 Å². The van der Waals surface area contributed by atoms with Gasteiger partial charge in [-0.15, -0.1) is 11.3 Å². The molecule has 0 unspecified atom stereocenters. The third-order valence-electron chi connectivity index (χ3n) is 3.30. The van der Waals surface area contributed by atoms with E-state index in [9.17, 15) is 0 Å². The smallest absolute Gasteiger partial charge is 0.185 e. The third kappa shape index (κ3) is 4.43. The van der Waals surface area contributed by atoms with Crippen LogP contribution in [0, 0.1) is 0 Å². The summed E-state index contributed by atoms with van der Waals surface area (Å²) in [6, 6.07) is 7.99. The van der Waals surface area contributed by atoms with Gasteiger partial charge in [-0.1, -0.05) is 37.6 Å². The number of hydrogen-bond acceptors (Lipinski definition) is 4. The van der Waals surface area contributed by atoms with E-state index in [2.05, 4.69) is 43.2 Å². The van der Waals surface area contributed by atoms with Crippen LogP contribution in [0.3, 0.4) is 0 Å². The first-order chi connectivity index (χ1) is 10.1. The van der Waals surface area contributed by atoms with Crippen LogP contribution in [0.1, 0.15) is 30.0 Å². The quantitative estimate of drug-likeness (QED) is 0.831. The highest BCUT2D eigenvalue weighted by Gasteiger charge is 2.12. The predicted molar refractivity (Wildman–Crippen MR) is 92.4 cm³/mol. The van der Waals surface area contributed by atoms with Gasteiger partial charge >= 0.3 is 0 Å². The maximum Gasteiger partial charge on any atom is 0.185 e. The van der Waals surface area contributed by atoms with Crippen LogP contribution in [-0.4, -0.2) is 18.6 Å². The van der Waals surface area contributed by atoms with E-state index in [1.807, 2.05) is 12.1 Å². The Morgan fingerprint density at radius 1 is 1.24 bits per heavy atom. The van der Waals surface area contributed by atoms with Gasteiger partial charge in [0.05, 0.1) is 5.69 Å². The fourth-order valence-electron chi connectivity index (χ4n) is 2.12. The molecule has 1 heterocycles. The molecule has 2 rings (SSSR count). The van der Waals surface area contributed by atoms with E-state index in [-0.39, 0.29) is 0 Å². The van der Waals surface area contributed by atoms with Gasteiger partial charge < -0.3 is 10.2 Å². The summed E-state index contributed by atoms with van der Waals surface area (Å²) in [4.78, 5) is 8.32. The molecule has 0 amide bonds. The molecule has 0 spiro atoms. The number of rotatable bonds is 7. The Morgan fingerprint density at radius 3 is 2.57 bits per heavy atom. The summed E-state index contributed by atoms with van der Waals surface area (Å²) in [7, 11) is 2.09. The van der Waals surface area contributed by atoms with Crippen molar-refractivity contribution in [3.63, 3.8) is 0 Å². The molecule has 0 aliphatic rings. The zero-order chi connectivity index (χ0) is 15.2. The lowest BCUT2D eigenvalue weighted by atomic mass is 10.2. The normalized spacial score (nSPS) is 10.9. The van der Waals surface area contributed by atoms with Crippen molar-refractivity contribution in [1.29, 1.82) is 0 Å². The summed E-state index contributed by atoms with van der Waals surface area (Å²) in [5, 5.41) is 5.24. The van der Waals surface area contributed by atoms with Crippen molar-refractivity contribution in [1.82, 2.24) is 10.3 Å². The van der Waals surface area contributed by atoms with Gasteiger partial charge in [-0.3, -0.25) is 0 Å². The molecule has 21 heavy (non-hydrogen) atoms. The number of hydrogen-bond donors (Lipinski definition) is 1. The molecule has 1 N–H and O–H groups in total. The molecule has 1 aromatic carbocycles. The molecule has 3 nitrogen and oxygen atoms in total. The van der Waals surface area contributed by atoms with Crippen molar-refractivity contribution in [3.8, 4) is 0 Å². The average Bonchev–Trinajstić information content (AvgIpc) is 2.91. The van der Waals surface area contributed by atoms with Gasteiger partial charge in [-0.25, -0.2) is 4.98 Å². The van der Waals surface area contributed by atoms with Crippen LogP contribution in [0.5, 0.6) is 0 Å². The SMILES string of the molecule is CCNCc1sc(N(C)Cc2ccc(Cl)cc2)nc1CC. The molecule has 1 aromatic heterocycles. The van der Waals surface area contributed by atoms with Crippen LogP contribution in [-0.2, 0) is 19.5 Å². The van der Waals surface area contributed by atoms with E-state index >= 15 is 0 Å². The Labute approximate surface area is 136 Å². The lowest BCUT2D eigenvalue weighted by molar-refractivity contribution is 0.727. The zero-order valence-electron chi connectivity index (χ0n) is 12.8. The van der Waals surface area contributed by atoms with Crippen LogP contribution < -0.4 is 10.2 Å². The lowest BCUT2D eigenvalue weighted by Gasteiger charge is -2.15. The first-order valence-corrected chi connectivity index (χ1v) is 8.48. The predicted octanol–water partition coefficient (Wildman–Crippen LogP) is 4.10. The zero-order valence-corrected chi connectivity index (χ0v) is 14.4. The Morgan fingerprint density at radius 2 is 1.95 bits per heavy atom. The van der Waals surface area contributed by atoms with Crippen molar-refractivity contribution in [3.05, 3.63) is 45.4 Å². The average molecular weight is 324 g/mol. The van der Waals surface area contributed by atoms with E-state index in [1.165, 1.54) is 16.1 Å². The van der Waals surface area contributed by atoms with Gasteiger partial charge in [0.15, 0.2) is 5.13 Å². The van der Waals surface area contributed by atoms with Gasteiger partial charge in [-0.2, -0.15) is 0 Å². The topological polar surface area (TPSA) is 28.2 Å². The summed E-state index contributed by atoms with van der Waals surface area (Å²) in [5.74, 6) is 0. The highest BCUT2D eigenvalue weighted by atomic mass is 35.5. The fourth-order valence-corrected chi connectivity index (χ4v) is 3.32. The fraction of sp³-hybridized carbons (Fsp3) is 0.438. The second kappa shape index (κ2) is 7.78. The first kappa shape index (κ1) is 16.3. The number of nitrogens with one attached hydrogen (secondary N) is 1. The molecule has 114 valence electrons. The Kier molecular flexibility index (Phi) is 6.03. The van der Waals surface area contributed by atoms with Crippen LogP contribution in [0.15, 0.2) is 24.3 Å². The van der Waals surface area contributed by atoms with Gasteiger partial charge in [0.2, 0.25) is 0 Å². The van der Waals surface area contributed by atoms with Crippen molar-refractivity contribution < 1.29 is 0 Å². The number of anilines is 1. The molecular weight excluding hydrogens is 302 g/mol. The second-order valence-electron chi connectivity index (χ2n) is 4.98. The molecule has 5 heteroatoms. The monoisotopic (exact) mass is 323 g/mol. The second-order valence-corrected chi connectivity index (χ2v) is 6.48. The van der Waals surface area contributed by atoms with Gasteiger partial charge in [0.1, 0.15) is 0 Å². The molecule has 0 atom stereocenters. The number of benzene rings is 1. The molecular formula is C16H22ClN3S. The maximum absolute atomic E-state index is 5.93. The van der Waals surface area contributed by atoms with E-state index in [0.29, 0.717) is 0 Å². The van der Waals surface area contributed by atoms with Gasteiger partial charge in [-0.05, 0) is 30.7 Å². The van der Waals surface area contributed by atoms with Crippen LogP contribution in [0.25, 0.3) is 0 Å². The molecule has 0 aliphatic heterocycles. The largest absolute Gasteiger partial charge is 0.347 e. The Hall–Kier alpha value is -1.10. The molecule has 0 aliphatic carbocycles. The third-order valence-corrected chi connectivity index (χ3v) is 4.76. The van der Waals surface area contributed by atoms with Crippen molar-refractivity contribution >= 4 is 28.1 Å². The number of aryl methyl sites for hydroxylation is 1. The van der Waals surface area contributed by atoms with Crippen molar-refractivity contribution in [2.75, 3.05) is 18.5 Å². The van der Waals surface area contributed by atoms with Crippen molar-refractivity contribution in [2.24, 2.45) is 0 Å². The summed E-state index contributed by atoms with van der Waals surface area (Å²) in [6.07, 6.45) is 0.978. The summed E-state index contributed by atoms with van der Waals surface area (Å²) < 4.78 is 0. The standard InChI is InChI=1S/C16H22ClN3S/c1-4-14-15(10-18-5-2)21-16(19-14)20(3)11-12-6-8-13(17)9-7-12/h6-9,18H,4-5,10-11H2,1-3H3. The molecule has 0 bridgehead atoms. The number of thiazole rings is 1. The highest BCUT2D eigenvalue weighted by Crippen LogP contribution is 2.27. The maximum atomic E-state index is 5.93. The molecule has 0 saturated heterocycles. The minimum atomic E-state index is 0.775. The van der Waals surface area contributed by atoms with E-state index in [0.717, 1.165) is 36.2 Å². The molecule has 0 radical (unpaired) electrons. The van der Waals surface area contributed by atoms with Crippen LogP contribution in [0.4, 0.5) is 5.13 Å². The van der Waals surface area contributed by atoms with E-state index in [4.69, 9.17) is 16.6 Å². The lowest BCUT2D eigenvalue weighted by Crippen LogP contribution is -2.16. The summed E-state index contributed by atoms with van der Waals surface area (Å²) in [6.45, 7) is 7.02. The molecule has 2 aromatic rings. The Balaban J connectivity index is 2.09. The minimum Gasteiger partial charge on any atom is -0.347 e. The summed E-state index contributed by atoms with van der Waals surface area (Å²) >= 11 is 7.71. The number of halogens is 1. The van der Waals surface area contributed by atoms with Gasteiger partial charge in [0, 0.05) is 30.0 Å². The molecule has 0 fully saturated rings. The number of aromatic nitrogens is 1.